The molecule has 4 rings (SSSR count). The zero-order chi connectivity index (χ0) is 16.6. The van der Waals surface area contributed by atoms with Crippen molar-refractivity contribution in [2.24, 2.45) is 5.92 Å². The van der Waals surface area contributed by atoms with Crippen molar-refractivity contribution >= 4 is 12.4 Å². The molecule has 1 aromatic rings. The van der Waals surface area contributed by atoms with Crippen LogP contribution in [0.4, 0.5) is 0 Å². The molecule has 0 amide bonds. The zero-order valence-corrected chi connectivity index (χ0v) is 16.2. The summed E-state index contributed by atoms with van der Waals surface area (Å²) < 4.78 is 5.51. The molecule has 2 unspecified atom stereocenters. The van der Waals surface area contributed by atoms with Gasteiger partial charge in [0.2, 0.25) is 0 Å². The second-order valence-electron chi connectivity index (χ2n) is 8.24. The van der Waals surface area contributed by atoms with E-state index in [9.17, 15) is 5.11 Å². The van der Waals surface area contributed by atoms with Crippen molar-refractivity contribution in [3.05, 3.63) is 29.3 Å². The van der Waals surface area contributed by atoms with E-state index in [1.807, 2.05) is 0 Å². The topological polar surface area (TPSA) is 41.5 Å². The molecule has 4 heteroatoms. The first kappa shape index (κ1) is 19.0. The van der Waals surface area contributed by atoms with Gasteiger partial charge in [-0.15, -0.1) is 12.4 Å². The van der Waals surface area contributed by atoms with Crippen LogP contribution >= 0.6 is 12.4 Å². The minimum Gasteiger partial charge on any atom is -0.497 e. The number of rotatable bonds is 6. The van der Waals surface area contributed by atoms with Crippen molar-refractivity contribution in [3.8, 4) is 5.75 Å². The summed E-state index contributed by atoms with van der Waals surface area (Å²) in [5, 5.41) is 15.3. The largest absolute Gasteiger partial charge is 0.497 e. The number of hydrogen-bond acceptors (Lipinski definition) is 3. The van der Waals surface area contributed by atoms with E-state index in [-0.39, 0.29) is 17.8 Å². The summed E-state index contributed by atoms with van der Waals surface area (Å²) in [6, 6.07) is 6.51. The SMILES string of the molecule is COc1ccc2c(c1)C1(CCNCC3CC3)CCCCC1(O)CC2.Cl. The lowest BCUT2D eigenvalue weighted by atomic mass is 9.53. The molecule has 25 heavy (non-hydrogen) atoms. The Bertz CT molecular complexity index is 604. The Balaban J connectivity index is 0.00000182. The van der Waals surface area contributed by atoms with Gasteiger partial charge in [0.15, 0.2) is 0 Å². The van der Waals surface area contributed by atoms with Crippen LogP contribution in [0.3, 0.4) is 0 Å². The molecule has 2 N–H and O–H groups in total. The lowest BCUT2D eigenvalue weighted by Crippen LogP contribution is -2.57. The number of hydrogen-bond donors (Lipinski definition) is 2. The number of benzene rings is 1. The molecule has 140 valence electrons. The minimum atomic E-state index is -0.536. The molecule has 3 nitrogen and oxygen atoms in total. The lowest BCUT2D eigenvalue weighted by Gasteiger charge is -2.55. The van der Waals surface area contributed by atoms with Gasteiger partial charge in [-0.3, -0.25) is 0 Å². The number of methoxy groups -OCH3 is 1. The molecule has 2 atom stereocenters. The van der Waals surface area contributed by atoms with Crippen molar-refractivity contribution in [2.45, 2.75) is 68.8 Å². The Labute approximate surface area is 157 Å². The van der Waals surface area contributed by atoms with Crippen LogP contribution in [-0.2, 0) is 11.8 Å². The monoisotopic (exact) mass is 365 g/mol. The summed E-state index contributed by atoms with van der Waals surface area (Å²) >= 11 is 0. The van der Waals surface area contributed by atoms with Crippen LogP contribution in [0, 0.1) is 5.92 Å². The van der Waals surface area contributed by atoms with Crippen LogP contribution in [0.1, 0.15) is 62.5 Å². The molecule has 2 saturated carbocycles. The highest BCUT2D eigenvalue weighted by atomic mass is 35.5. The summed E-state index contributed by atoms with van der Waals surface area (Å²) in [4.78, 5) is 0. The maximum Gasteiger partial charge on any atom is 0.119 e. The van der Waals surface area contributed by atoms with Crippen LogP contribution in [0.25, 0.3) is 0 Å². The van der Waals surface area contributed by atoms with Gasteiger partial charge in [-0.05, 0) is 87.2 Å². The number of nitrogens with one attached hydrogen (secondary N) is 1. The lowest BCUT2D eigenvalue weighted by molar-refractivity contribution is -0.0869. The van der Waals surface area contributed by atoms with Gasteiger partial charge < -0.3 is 15.2 Å². The quantitative estimate of drug-likeness (QED) is 0.749. The van der Waals surface area contributed by atoms with Gasteiger partial charge in [-0.1, -0.05) is 18.9 Å². The zero-order valence-electron chi connectivity index (χ0n) is 15.4. The number of aliphatic hydroxyl groups is 1. The molecular weight excluding hydrogens is 334 g/mol. The Hall–Kier alpha value is -0.770. The third kappa shape index (κ3) is 3.43. The summed E-state index contributed by atoms with van der Waals surface area (Å²) in [6.07, 6.45) is 10.2. The highest BCUT2D eigenvalue weighted by Crippen LogP contribution is 2.55. The molecule has 1 aromatic carbocycles. The predicted octanol–water partition coefficient (Wildman–Crippen LogP) is 4.00. The number of halogens is 1. The van der Waals surface area contributed by atoms with Gasteiger partial charge in [0, 0.05) is 5.41 Å². The molecule has 0 saturated heterocycles. The second-order valence-corrected chi connectivity index (χ2v) is 8.24. The van der Waals surface area contributed by atoms with Gasteiger partial charge in [-0.2, -0.15) is 0 Å². The molecule has 3 aliphatic carbocycles. The van der Waals surface area contributed by atoms with Crippen LogP contribution < -0.4 is 10.1 Å². The fourth-order valence-electron chi connectivity index (χ4n) is 5.18. The summed E-state index contributed by atoms with van der Waals surface area (Å²) in [7, 11) is 1.74. The van der Waals surface area contributed by atoms with E-state index >= 15 is 0 Å². The smallest absolute Gasteiger partial charge is 0.119 e. The molecule has 2 fully saturated rings. The molecular formula is C21H32ClNO2. The van der Waals surface area contributed by atoms with Crippen LogP contribution in [0.15, 0.2) is 18.2 Å². The van der Waals surface area contributed by atoms with E-state index in [4.69, 9.17) is 4.74 Å². The van der Waals surface area contributed by atoms with Crippen molar-refractivity contribution in [1.82, 2.24) is 5.32 Å². The molecule has 0 spiro atoms. The van der Waals surface area contributed by atoms with Gasteiger partial charge in [0.05, 0.1) is 12.7 Å². The Kier molecular flexibility index (Phi) is 5.67. The first-order chi connectivity index (χ1) is 11.7. The van der Waals surface area contributed by atoms with Gasteiger partial charge in [0.1, 0.15) is 5.75 Å². The highest BCUT2D eigenvalue weighted by molar-refractivity contribution is 5.85. The van der Waals surface area contributed by atoms with E-state index in [1.165, 1.54) is 30.4 Å². The van der Waals surface area contributed by atoms with Crippen molar-refractivity contribution < 1.29 is 9.84 Å². The molecule has 0 radical (unpaired) electrons. The summed E-state index contributed by atoms with van der Waals surface area (Å²) in [6.45, 7) is 2.16. The fourth-order valence-corrected chi connectivity index (χ4v) is 5.18. The van der Waals surface area contributed by atoms with Crippen molar-refractivity contribution in [1.29, 1.82) is 0 Å². The first-order valence-electron chi connectivity index (χ1n) is 9.77. The normalized spacial score (nSPS) is 30.8. The average molecular weight is 366 g/mol. The number of aryl methyl sites for hydroxylation is 1. The maximum atomic E-state index is 11.6. The molecule has 0 aliphatic heterocycles. The van der Waals surface area contributed by atoms with E-state index < -0.39 is 5.60 Å². The van der Waals surface area contributed by atoms with Crippen LogP contribution in [0.2, 0.25) is 0 Å². The Morgan fingerprint density at radius 1 is 1.20 bits per heavy atom. The van der Waals surface area contributed by atoms with E-state index in [2.05, 4.69) is 23.5 Å². The first-order valence-corrected chi connectivity index (χ1v) is 9.77. The standard InChI is InChI=1S/C21H31NO2.ClH/c1-24-18-7-6-17-8-11-21(23)10-3-2-9-20(21,19(17)14-18)12-13-22-15-16-4-5-16;/h6-7,14,16,22-23H,2-5,8-13,15H2,1H3;1H. The fraction of sp³-hybridized carbons (Fsp3) is 0.714. The van der Waals surface area contributed by atoms with E-state index in [0.29, 0.717) is 0 Å². The third-order valence-electron chi connectivity index (χ3n) is 6.83. The molecule has 3 aliphatic rings. The average Bonchev–Trinajstić information content (AvgIpc) is 3.43. The van der Waals surface area contributed by atoms with Crippen LogP contribution in [-0.4, -0.2) is 30.9 Å². The Morgan fingerprint density at radius 3 is 2.76 bits per heavy atom. The molecule has 0 heterocycles. The maximum absolute atomic E-state index is 11.6. The highest BCUT2D eigenvalue weighted by Gasteiger charge is 2.54. The van der Waals surface area contributed by atoms with Crippen LogP contribution in [0.5, 0.6) is 5.75 Å². The summed E-state index contributed by atoms with van der Waals surface area (Å²) in [5.41, 5.74) is 2.16. The number of ether oxygens (including phenoxy) is 1. The van der Waals surface area contributed by atoms with Gasteiger partial charge >= 0.3 is 0 Å². The van der Waals surface area contributed by atoms with Gasteiger partial charge in [-0.25, -0.2) is 0 Å². The van der Waals surface area contributed by atoms with Crippen molar-refractivity contribution in [2.75, 3.05) is 20.2 Å². The number of fused-ring (bicyclic) bond motifs is 3. The summed E-state index contributed by atoms with van der Waals surface area (Å²) in [5.74, 6) is 1.83. The Morgan fingerprint density at radius 2 is 2.00 bits per heavy atom. The van der Waals surface area contributed by atoms with E-state index in [0.717, 1.165) is 63.3 Å². The van der Waals surface area contributed by atoms with Crippen molar-refractivity contribution in [3.63, 3.8) is 0 Å². The molecule has 0 aromatic heterocycles. The molecule has 0 bridgehead atoms. The second kappa shape index (κ2) is 7.46. The predicted molar refractivity (Wildman–Crippen MR) is 104 cm³/mol. The minimum absolute atomic E-state index is 0. The third-order valence-corrected chi connectivity index (χ3v) is 6.83. The van der Waals surface area contributed by atoms with Gasteiger partial charge in [0.25, 0.3) is 0 Å². The van der Waals surface area contributed by atoms with E-state index in [1.54, 1.807) is 7.11 Å².